The average Bonchev–Trinajstić information content (AvgIpc) is 2.41. The minimum Gasteiger partial charge on any atom is -0.508 e. The van der Waals surface area contributed by atoms with Gasteiger partial charge in [-0.3, -0.25) is 10.1 Å². The van der Waals surface area contributed by atoms with E-state index in [0.717, 1.165) is 18.2 Å². The van der Waals surface area contributed by atoms with Gasteiger partial charge in [-0.1, -0.05) is 0 Å². The predicted octanol–water partition coefficient (Wildman–Crippen LogP) is 1.65. The Bertz CT molecular complexity index is 786. The number of nitro benzene ring substituents is 1. The lowest BCUT2D eigenvalue weighted by atomic mass is 10.2. The molecule has 0 aliphatic heterocycles. The Kier molecular flexibility index (Phi) is 3.68. The SMILES string of the molecule is Nc1ccc(OS(=O)(=O)c2ccc(O)cc2)cc1[N+](=O)[O-]. The zero-order chi connectivity index (χ0) is 15.6. The van der Waals surface area contributed by atoms with Crippen LogP contribution in [0.15, 0.2) is 47.4 Å². The minimum absolute atomic E-state index is 0.0999. The van der Waals surface area contributed by atoms with E-state index in [1.807, 2.05) is 0 Å². The van der Waals surface area contributed by atoms with E-state index in [0.29, 0.717) is 0 Å². The summed E-state index contributed by atoms with van der Waals surface area (Å²) in [6, 6.07) is 7.98. The van der Waals surface area contributed by atoms with E-state index < -0.39 is 20.7 Å². The topological polar surface area (TPSA) is 133 Å². The second-order valence-electron chi connectivity index (χ2n) is 4.01. The van der Waals surface area contributed by atoms with Crippen molar-refractivity contribution < 1.29 is 22.6 Å². The van der Waals surface area contributed by atoms with E-state index in [2.05, 4.69) is 0 Å². The lowest BCUT2D eigenvalue weighted by Gasteiger charge is -2.07. The molecule has 0 saturated carbocycles. The fourth-order valence-electron chi connectivity index (χ4n) is 1.52. The highest BCUT2D eigenvalue weighted by atomic mass is 32.2. The Morgan fingerprint density at radius 1 is 1.14 bits per heavy atom. The summed E-state index contributed by atoms with van der Waals surface area (Å²) in [5.74, 6) is -0.332. The van der Waals surface area contributed by atoms with Crippen LogP contribution >= 0.6 is 0 Å². The van der Waals surface area contributed by atoms with Crippen molar-refractivity contribution in [3.8, 4) is 11.5 Å². The van der Waals surface area contributed by atoms with E-state index in [4.69, 9.17) is 15.0 Å². The molecule has 0 aliphatic rings. The van der Waals surface area contributed by atoms with Gasteiger partial charge in [0.05, 0.1) is 11.0 Å². The van der Waals surface area contributed by atoms with Gasteiger partial charge >= 0.3 is 10.1 Å². The molecular formula is C12H10N2O6S. The number of hydrogen-bond donors (Lipinski definition) is 2. The average molecular weight is 310 g/mol. The molecule has 0 aliphatic carbocycles. The minimum atomic E-state index is -4.16. The first-order valence-electron chi connectivity index (χ1n) is 5.57. The number of benzene rings is 2. The van der Waals surface area contributed by atoms with Gasteiger partial charge in [0.25, 0.3) is 5.69 Å². The van der Waals surface area contributed by atoms with Crippen LogP contribution in [0.5, 0.6) is 11.5 Å². The summed E-state index contributed by atoms with van der Waals surface area (Å²) in [5.41, 5.74) is 4.85. The maximum atomic E-state index is 12.0. The molecule has 0 heterocycles. The van der Waals surface area contributed by atoms with Gasteiger partial charge in [0, 0.05) is 0 Å². The van der Waals surface area contributed by atoms with E-state index in [9.17, 15) is 18.5 Å². The summed E-state index contributed by atoms with van der Waals surface area (Å²) in [4.78, 5) is 9.80. The standard InChI is InChI=1S/C12H10N2O6S/c13-11-6-3-9(7-12(11)14(16)17)20-21(18,19)10-4-1-8(15)2-5-10/h1-7,15H,13H2. The fourth-order valence-corrected chi connectivity index (χ4v) is 2.44. The van der Waals surface area contributed by atoms with Crippen molar-refractivity contribution in [1.82, 2.24) is 0 Å². The smallest absolute Gasteiger partial charge is 0.339 e. The van der Waals surface area contributed by atoms with Gasteiger partial charge in [0.2, 0.25) is 0 Å². The van der Waals surface area contributed by atoms with Crippen molar-refractivity contribution in [3.63, 3.8) is 0 Å². The molecule has 0 radical (unpaired) electrons. The number of hydrogen-bond acceptors (Lipinski definition) is 7. The van der Waals surface area contributed by atoms with Crippen LogP contribution in [-0.2, 0) is 10.1 Å². The first kappa shape index (κ1) is 14.6. The van der Waals surface area contributed by atoms with E-state index >= 15 is 0 Å². The molecule has 2 aromatic rings. The van der Waals surface area contributed by atoms with Crippen LogP contribution in [0.25, 0.3) is 0 Å². The summed E-state index contributed by atoms with van der Waals surface area (Å²) in [6.07, 6.45) is 0. The summed E-state index contributed by atoms with van der Waals surface area (Å²) >= 11 is 0. The molecule has 9 heteroatoms. The number of anilines is 1. The number of phenols is 1. The molecule has 110 valence electrons. The largest absolute Gasteiger partial charge is 0.508 e. The molecule has 0 bridgehead atoms. The number of aromatic hydroxyl groups is 1. The van der Waals surface area contributed by atoms with Gasteiger partial charge in [-0.05, 0) is 36.4 Å². The van der Waals surface area contributed by atoms with Gasteiger partial charge in [0.15, 0.2) is 0 Å². The highest BCUT2D eigenvalue weighted by Crippen LogP contribution is 2.28. The maximum absolute atomic E-state index is 12.0. The van der Waals surface area contributed by atoms with Gasteiger partial charge in [-0.25, -0.2) is 0 Å². The molecule has 0 fully saturated rings. The van der Waals surface area contributed by atoms with Crippen LogP contribution in [0.1, 0.15) is 0 Å². The Morgan fingerprint density at radius 2 is 1.76 bits per heavy atom. The number of nitro groups is 1. The zero-order valence-corrected chi connectivity index (χ0v) is 11.3. The lowest BCUT2D eigenvalue weighted by molar-refractivity contribution is -0.383. The van der Waals surface area contributed by atoms with Crippen molar-refractivity contribution in [2.75, 3.05) is 5.73 Å². The van der Waals surface area contributed by atoms with Crippen LogP contribution in [0.3, 0.4) is 0 Å². The van der Waals surface area contributed by atoms with Crippen molar-refractivity contribution >= 4 is 21.5 Å². The second-order valence-corrected chi connectivity index (χ2v) is 5.56. The van der Waals surface area contributed by atoms with E-state index in [1.54, 1.807) is 0 Å². The molecule has 2 rings (SSSR count). The third-order valence-electron chi connectivity index (χ3n) is 2.53. The fraction of sp³-hybridized carbons (Fsp3) is 0. The Morgan fingerprint density at radius 3 is 2.33 bits per heavy atom. The van der Waals surface area contributed by atoms with Crippen LogP contribution in [0.4, 0.5) is 11.4 Å². The van der Waals surface area contributed by atoms with Gasteiger partial charge < -0.3 is 15.0 Å². The Labute approximate surface area is 119 Å². The normalized spacial score (nSPS) is 11.0. The van der Waals surface area contributed by atoms with Crippen LogP contribution in [0.2, 0.25) is 0 Å². The monoisotopic (exact) mass is 310 g/mol. The quantitative estimate of drug-likeness (QED) is 0.379. The number of rotatable bonds is 4. The third kappa shape index (κ3) is 3.20. The number of nitrogens with two attached hydrogens (primary N) is 1. The first-order chi connectivity index (χ1) is 9.79. The van der Waals surface area contributed by atoms with Crippen molar-refractivity contribution in [3.05, 3.63) is 52.6 Å². The molecule has 0 amide bonds. The van der Waals surface area contributed by atoms with Crippen LogP contribution in [-0.4, -0.2) is 18.4 Å². The first-order valence-corrected chi connectivity index (χ1v) is 6.98. The summed E-state index contributed by atoms with van der Waals surface area (Å²) in [5, 5.41) is 19.9. The van der Waals surface area contributed by atoms with Crippen molar-refractivity contribution in [2.45, 2.75) is 4.90 Å². The summed E-state index contributed by atoms with van der Waals surface area (Å²) in [7, 11) is -4.16. The summed E-state index contributed by atoms with van der Waals surface area (Å²) in [6.45, 7) is 0. The highest BCUT2D eigenvalue weighted by molar-refractivity contribution is 7.87. The number of nitrogen functional groups attached to an aromatic ring is 1. The van der Waals surface area contributed by atoms with Gasteiger partial charge in [0.1, 0.15) is 22.1 Å². The maximum Gasteiger partial charge on any atom is 0.339 e. The Hall–Kier alpha value is -2.81. The zero-order valence-electron chi connectivity index (χ0n) is 10.5. The van der Waals surface area contributed by atoms with Gasteiger partial charge in [-0.15, -0.1) is 0 Å². The molecular weight excluding hydrogens is 300 g/mol. The molecule has 2 aromatic carbocycles. The molecule has 0 aromatic heterocycles. The molecule has 8 nitrogen and oxygen atoms in total. The third-order valence-corrected chi connectivity index (χ3v) is 3.79. The molecule has 21 heavy (non-hydrogen) atoms. The van der Waals surface area contributed by atoms with Crippen molar-refractivity contribution in [1.29, 1.82) is 0 Å². The molecule has 0 saturated heterocycles. The lowest BCUT2D eigenvalue weighted by Crippen LogP contribution is -2.10. The molecule has 0 spiro atoms. The molecule has 0 unspecified atom stereocenters. The van der Waals surface area contributed by atoms with Gasteiger partial charge in [-0.2, -0.15) is 8.42 Å². The van der Waals surface area contributed by atoms with Crippen LogP contribution < -0.4 is 9.92 Å². The Balaban J connectivity index is 2.35. The molecule has 0 atom stereocenters. The second kappa shape index (κ2) is 5.29. The van der Waals surface area contributed by atoms with Crippen molar-refractivity contribution in [2.24, 2.45) is 0 Å². The highest BCUT2D eigenvalue weighted by Gasteiger charge is 2.19. The number of nitrogens with zero attached hydrogens (tertiary/aromatic N) is 1. The van der Waals surface area contributed by atoms with Crippen LogP contribution in [0, 0.1) is 10.1 Å². The number of phenolic OH excluding ortho intramolecular Hbond substituents is 1. The van der Waals surface area contributed by atoms with E-state index in [-0.39, 0.29) is 22.1 Å². The predicted molar refractivity (Wildman–Crippen MR) is 73.4 cm³/mol. The van der Waals surface area contributed by atoms with E-state index in [1.165, 1.54) is 24.3 Å². The summed E-state index contributed by atoms with van der Waals surface area (Å²) < 4.78 is 28.8. The molecule has 3 N–H and O–H groups in total.